The largest absolute Gasteiger partial charge is 0.371 e. The van der Waals surface area contributed by atoms with E-state index in [1.54, 1.807) is 0 Å². The second kappa shape index (κ2) is 5.04. The summed E-state index contributed by atoms with van der Waals surface area (Å²) in [5.41, 5.74) is 2.07. The molecule has 0 radical (unpaired) electrons. The van der Waals surface area contributed by atoms with Crippen molar-refractivity contribution in [3.63, 3.8) is 0 Å². The first-order valence-electron chi connectivity index (χ1n) is 7.24. The Bertz CT molecular complexity index is 369. The van der Waals surface area contributed by atoms with Crippen LogP contribution in [0.2, 0.25) is 0 Å². The molecule has 2 fully saturated rings. The zero-order valence-electron chi connectivity index (χ0n) is 11.2. The minimum absolute atomic E-state index is 0.580. The van der Waals surface area contributed by atoms with E-state index in [4.69, 9.17) is 0 Å². The zero-order chi connectivity index (χ0) is 12.5. The number of halogens is 1. The Kier molecular flexibility index (Phi) is 3.42. The molecule has 2 nitrogen and oxygen atoms in total. The molecular formula is C15H23FN2. The minimum Gasteiger partial charge on any atom is -0.371 e. The molecule has 2 saturated heterocycles. The molecule has 1 unspecified atom stereocenters. The van der Waals surface area contributed by atoms with Crippen LogP contribution < -0.4 is 0 Å². The second-order valence-electron chi connectivity index (χ2n) is 5.91. The molecule has 3 heteroatoms. The molecule has 0 N–H and O–H groups in total. The highest BCUT2D eigenvalue weighted by Crippen LogP contribution is 2.29. The van der Waals surface area contributed by atoms with E-state index >= 15 is 0 Å². The smallest absolute Gasteiger partial charge is 0.143 e. The van der Waals surface area contributed by atoms with Crippen molar-refractivity contribution in [1.29, 1.82) is 0 Å². The molecule has 0 amide bonds. The summed E-state index contributed by atoms with van der Waals surface area (Å²) in [7, 11) is 0. The Labute approximate surface area is 109 Å². The van der Waals surface area contributed by atoms with Crippen molar-refractivity contribution >= 4 is 0 Å². The summed E-state index contributed by atoms with van der Waals surface area (Å²) < 4.78 is 14.1. The van der Waals surface area contributed by atoms with Gasteiger partial charge in [-0.15, -0.1) is 0 Å². The van der Waals surface area contributed by atoms with E-state index in [1.165, 1.54) is 32.4 Å². The molecule has 2 heterocycles. The van der Waals surface area contributed by atoms with Crippen LogP contribution in [-0.2, 0) is 0 Å². The Balaban J connectivity index is 1.64. The Morgan fingerprint density at radius 3 is 2.67 bits per heavy atom. The number of hydrogen-bond donors (Lipinski definition) is 0. The lowest BCUT2D eigenvalue weighted by Gasteiger charge is -2.29. The van der Waals surface area contributed by atoms with Gasteiger partial charge < -0.3 is 4.90 Å². The van der Waals surface area contributed by atoms with E-state index < -0.39 is 6.17 Å². The molecule has 2 aliphatic heterocycles. The van der Waals surface area contributed by atoms with Crippen molar-refractivity contribution in [3.8, 4) is 0 Å². The summed E-state index contributed by atoms with van der Waals surface area (Å²) >= 11 is 0. The molecule has 0 saturated carbocycles. The molecule has 2 atom stereocenters. The van der Waals surface area contributed by atoms with Crippen LogP contribution in [-0.4, -0.2) is 48.2 Å². The summed E-state index contributed by atoms with van der Waals surface area (Å²) in [5.74, 6) is 0. The van der Waals surface area contributed by atoms with Gasteiger partial charge in [-0.2, -0.15) is 0 Å². The number of allylic oxidation sites excluding steroid dienone is 4. The summed E-state index contributed by atoms with van der Waals surface area (Å²) in [6, 6.07) is 0.660. The van der Waals surface area contributed by atoms with Crippen LogP contribution in [0.15, 0.2) is 23.4 Å². The maximum atomic E-state index is 14.1. The summed E-state index contributed by atoms with van der Waals surface area (Å²) in [6.07, 6.45) is 7.75. The van der Waals surface area contributed by atoms with Gasteiger partial charge in [0.05, 0.1) is 0 Å². The minimum atomic E-state index is -0.785. The van der Waals surface area contributed by atoms with Crippen molar-refractivity contribution in [1.82, 2.24) is 9.80 Å². The molecule has 100 valence electrons. The first kappa shape index (κ1) is 12.2. The molecule has 1 aliphatic carbocycles. The van der Waals surface area contributed by atoms with Gasteiger partial charge >= 0.3 is 0 Å². The molecule has 18 heavy (non-hydrogen) atoms. The van der Waals surface area contributed by atoms with Crippen LogP contribution in [0, 0.1) is 0 Å². The van der Waals surface area contributed by atoms with Crippen molar-refractivity contribution in [2.24, 2.45) is 0 Å². The third-order valence-corrected chi connectivity index (χ3v) is 4.55. The van der Waals surface area contributed by atoms with E-state index in [0.717, 1.165) is 24.4 Å². The first-order chi connectivity index (χ1) is 8.74. The van der Waals surface area contributed by atoms with Gasteiger partial charge in [0.15, 0.2) is 0 Å². The average Bonchev–Trinajstić information content (AvgIpc) is 2.99. The van der Waals surface area contributed by atoms with Gasteiger partial charge in [0.1, 0.15) is 6.17 Å². The lowest BCUT2D eigenvalue weighted by Crippen LogP contribution is -2.36. The van der Waals surface area contributed by atoms with Crippen molar-refractivity contribution in [2.45, 2.75) is 44.8 Å². The van der Waals surface area contributed by atoms with E-state index in [-0.39, 0.29) is 0 Å². The molecule has 0 aromatic rings. The average molecular weight is 250 g/mol. The second-order valence-corrected chi connectivity index (χ2v) is 5.91. The number of alkyl halides is 1. The van der Waals surface area contributed by atoms with Crippen molar-refractivity contribution < 1.29 is 4.39 Å². The van der Waals surface area contributed by atoms with Gasteiger partial charge in [0, 0.05) is 31.2 Å². The van der Waals surface area contributed by atoms with Crippen LogP contribution in [0.5, 0.6) is 0 Å². The molecule has 0 bridgehead atoms. The fourth-order valence-corrected chi connectivity index (χ4v) is 3.47. The highest BCUT2D eigenvalue weighted by atomic mass is 19.1. The third kappa shape index (κ3) is 2.33. The lowest BCUT2D eigenvalue weighted by molar-refractivity contribution is 0.230. The van der Waals surface area contributed by atoms with Gasteiger partial charge in [-0.25, -0.2) is 4.39 Å². The zero-order valence-corrected chi connectivity index (χ0v) is 11.2. The first-order valence-corrected chi connectivity index (χ1v) is 7.24. The Morgan fingerprint density at radius 1 is 1.17 bits per heavy atom. The number of nitrogens with zero attached hydrogens (tertiary/aromatic N) is 2. The van der Waals surface area contributed by atoms with Crippen LogP contribution >= 0.6 is 0 Å². The number of hydrogen-bond acceptors (Lipinski definition) is 2. The standard InChI is InChI=1S/C15H23FN2/c1-12-4-5-15(14(16)10-12)18-9-6-13(11-18)17-7-2-3-8-17/h4-5,13-14H,2-3,6-11H2,1H3/t13-,14?/m1/s1. The predicted molar refractivity (Wildman–Crippen MR) is 72.1 cm³/mol. The van der Waals surface area contributed by atoms with E-state index in [9.17, 15) is 4.39 Å². The SMILES string of the molecule is CC1=CC=C(N2CC[C@@H](N3CCCC3)C2)C(F)C1. The Morgan fingerprint density at radius 2 is 1.94 bits per heavy atom. The van der Waals surface area contributed by atoms with Gasteiger partial charge in [-0.05, 0) is 45.4 Å². The summed E-state index contributed by atoms with van der Waals surface area (Å²) in [5, 5.41) is 0. The Hall–Kier alpha value is -0.830. The maximum Gasteiger partial charge on any atom is 0.143 e. The number of likely N-dealkylation sites (tertiary alicyclic amines) is 2. The van der Waals surface area contributed by atoms with Crippen LogP contribution in [0.1, 0.15) is 32.6 Å². The van der Waals surface area contributed by atoms with Crippen molar-refractivity contribution in [3.05, 3.63) is 23.4 Å². The topological polar surface area (TPSA) is 6.48 Å². The van der Waals surface area contributed by atoms with Crippen molar-refractivity contribution in [2.75, 3.05) is 26.2 Å². The molecule has 0 aromatic carbocycles. The lowest BCUT2D eigenvalue weighted by atomic mass is 10.0. The summed E-state index contributed by atoms with van der Waals surface area (Å²) in [6.45, 7) is 6.56. The molecule has 3 aliphatic rings. The fourth-order valence-electron chi connectivity index (χ4n) is 3.47. The molecular weight excluding hydrogens is 227 g/mol. The van der Waals surface area contributed by atoms with Gasteiger partial charge in [-0.3, -0.25) is 4.90 Å². The molecule has 0 aromatic heterocycles. The van der Waals surface area contributed by atoms with E-state index in [0.29, 0.717) is 12.5 Å². The fraction of sp³-hybridized carbons (Fsp3) is 0.733. The quantitative estimate of drug-likeness (QED) is 0.743. The normalized spacial score (nSPS) is 33.8. The van der Waals surface area contributed by atoms with E-state index in [1.807, 2.05) is 13.0 Å². The van der Waals surface area contributed by atoms with Gasteiger partial charge in [0.2, 0.25) is 0 Å². The molecule has 3 rings (SSSR count). The predicted octanol–water partition coefficient (Wildman–Crippen LogP) is 2.73. The van der Waals surface area contributed by atoms with E-state index in [2.05, 4.69) is 15.9 Å². The summed E-state index contributed by atoms with van der Waals surface area (Å²) in [4.78, 5) is 4.87. The molecule has 0 spiro atoms. The maximum absolute atomic E-state index is 14.1. The van der Waals surface area contributed by atoms with Crippen LogP contribution in [0.25, 0.3) is 0 Å². The van der Waals surface area contributed by atoms with Crippen LogP contribution in [0.3, 0.4) is 0 Å². The van der Waals surface area contributed by atoms with Gasteiger partial charge in [0.25, 0.3) is 0 Å². The third-order valence-electron chi connectivity index (χ3n) is 4.55. The highest BCUT2D eigenvalue weighted by Gasteiger charge is 2.32. The number of rotatable bonds is 2. The van der Waals surface area contributed by atoms with Crippen LogP contribution in [0.4, 0.5) is 4.39 Å². The monoisotopic (exact) mass is 250 g/mol. The van der Waals surface area contributed by atoms with Gasteiger partial charge in [-0.1, -0.05) is 11.6 Å². The highest BCUT2D eigenvalue weighted by molar-refractivity contribution is 5.26.